The van der Waals surface area contributed by atoms with E-state index in [2.05, 4.69) is 20.6 Å². The van der Waals surface area contributed by atoms with Crippen molar-refractivity contribution in [2.45, 2.75) is 0 Å². The van der Waals surface area contributed by atoms with E-state index in [4.69, 9.17) is 11.6 Å². The zero-order valence-electron chi connectivity index (χ0n) is 14.4. The van der Waals surface area contributed by atoms with Crippen molar-refractivity contribution >= 4 is 40.4 Å². The zero-order chi connectivity index (χ0) is 18.5. The van der Waals surface area contributed by atoms with E-state index in [1.54, 1.807) is 30.3 Å². The van der Waals surface area contributed by atoms with Gasteiger partial charge in [-0.1, -0.05) is 17.7 Å². The third-order valence-electron chi connectivity index (χ3n) is 3.64. The van der Waals surface area contributed by atoms with E-state index >= 15 is 0 Å². The molecule has 0 spiro atoms. The molecule has 2 N–H and O–H groups in total. The molecule has 0 radical (unpaired) electrons. The van der Waals surface area contributed by atoms with Crippen LogP contribution in [0.15, 0.2) is 60.9 Å². The molecule has 0 aliphatic rings. The number of amides is 1. The van der Waals surface area contributed by atoms with Crippen molar-refractivity contribution in [3.63, 3.8) is 0 Å². The van der Waals surface area contributed by atoms with Gasteiger partial charge in [0.2, 0.25) is 0 Å². The van der Waals surface area contributed by atoms with Gasteiger partial charge in [0.1, 0.15) is 17.8 Å². The topological polar surface area (TPSA) is 70.2 Å². The third kappa shape index (κ3) is 4.49. The Hall–Kier alpha value is -3.12. The van der Waals surface area contributed by atoms with Crippen LogP contribution in [-0.4, -0.2) is 30.0 Å². The molecule has 1 heterocycles. The van der Waals surface area contributed by atoms with Crippen molar-refractivity contribution in [1.82, 2.24) is 9.97 Å². The molecule has 0 aliphatic carbocycles. The van der Waals surface area contributed by atoms with Gasteiger partial charge in [0.05, 0.1) is 0 Å². The minimum atomic E-state index is -0.333. The summed E-state index contributed by atoms with van der Waals surface area (Å²) in [5.41, 5.74) is 2.83. The Bertz CT molecular complexity index is 912. The molecule has 3 rings (SSSR count). The molecule has 6 nitrogen and oxygen atoms in total. The monoisotopic (exact) mass is 367 g/mol. The van der Waals surface area contributed by atoms with E-state index in [0.29, 0.717) is 16.5 Å². The summed E-state index contributed by atoms with van der Waals surface area (Å²) in [7, 11) is 3.97. The van der Waals surface area contributed by atoms with Crippen LogP contribution < -0.4 is 15.5 Å². The van der Waals surface area contributed by atoms with E-state index in [1.165, 1.54) is 6.33 Å². The summed E-state index contributed by atoms with van der Waals surface area (Å²) in [6.07, 6.45) is 1.35. The van der Waals surface area contributed by atoms with Crippen LogP contribution in [0.25, 0.3) is 0 Å². The predicted molar refractivity (Wildman–Crippen MR) is 105 cm³/mol. The minimum Gasteiger partial charge on any atom is -0.378 e. The van der Waals surface area contributed by atoms with Gasteiger partial charge in [-0.15, -0.1) is 0 Å². The van der Waals surface area contributed by atoms with Gasteiger partial charge in [0.25, 0.3) is 5.91 Å². The van der Waals surface area contributed by atoms with Gasteiger partial charge in [-0.25, -0.2) is 9.97 Å². The first-order valence-corrected chi connectivity index (χ1v) is 8.32. The Morgan fingerprint density at radius 1 is 1.00 bits per heavy atom. The van der Waals surface area contributed by atoms with Crippen LogP contribution >= 0.6 is 11.6 Å². The van der Waals surface area contributed by atoms with Gasteiger partial charge in [0, 0.05) is 42.2 Å². The van der Waals surface area contributed by atoms with Gasteiger partial charge in [-0.2, -0.15) is 0 Å². The van der Waals surface area contributed by atoms with Crippen molar-refractivity contribution in [1.29, 1.82) is 0 Å². The Labute approximate surface area is 156 Å². The summed E-state index contributed by atoms with van der Waals surface area (Å²) in [6, 6.07) is 16.4. The molecule has 0 bridgehead atoms. The number of hydrogen-bond acceptors (Lipinski definition) is 5. The van der Waals surface area contributed by atoms with E-state index in [9.17, 15) is 4.79 Å². The second-order valence-electron chi connectivity index (χ2n) is 5.82. The van der Waals surface area contributed by atoms with Gasteiger partial charge in [-0.3, -0.25) is 4.79 Å². The Balaban J connectivity index is 1.72. The first-order chi connectivity index (χ1) is 12.5. The summed E-state index contributed by atoms with van der Waals surface area (Å²) < 4.78 is 0. The molecule has 0 saturated heterocycles. The molecule has 3 aromatic rings. The first-order valence-electron chi connectivity index (χ1n) is 7.94. The molecule has 0 saturated carbocycles. The van der Waals surface area contributed by atoms with Gasteiger partial charge in [0.15, 0.2) is 0 Å². The number of halogens is 1. The Morgan fingerprint density at radius 3 is 2.46 bits per heavy atom. The van der Waals surface area contributed by atoms with Crippen molar-refractivity contribution in [2.75, 3.05) is 29.6 Å². The van der Waals surface area contributed by atoms with Crippen LogP contribution in [0.4, 0.5) is 22.9 Å². The smallest absolute Gasteiger partial charge is 0.274 e. The molecular weight excluding hydrogens is 350 g/mol. The van der Waals surface area contributed by atoms with E-state index < -0.39 is 0 Å². The maximum Gasteiger partial charge on any atom is 0.274 e. The Kier molecular flexibility index (Phi) is 5.34. The number of rotatable bonds is 5. The van der Waals surface area contributed by atoms with Crippen molar-refractivity contribution in [3.05, 3.63) is 71.6 Å². The highest BCUT2D eigenvalue weighted by molar-refractivity contribution is 6.30. The number of hydrogen-bond donors (Lipinski definition) is 2. The molecule has 0 atom stereocenters. The molecule has 0 aliphatic heterocycles. The van der Waals surface area contributed by atoms with Crippen LogP contribution in [0.5, 0.6) is 0 Å². The SMILES string of the molecule is CN(C)c1ccc(Nc2cc(C(=O)Nc3cccc(Cl)c3)ncn2)cc1. The molecule has 0 fully saturated rings. The fourth-order valence-electron chi connectivity index (χ4n) is 2.30. The standard InChI is InChI=1S/C19H18ClN5O/c1-25(2)16-8-6-14(7-9-16)23-18-11-17(21-12-22-18)19(26)24-15-5-3-4-13(20)10-15/h3-12H,1-2H3,(H,24,26)(H,21,22,23). The lowest BCUT2D eigenvalue weighted by Crippen LogP contribution is -2.14. The lowest BCUT2D eigenvalue weighted by atomic mass is 10.2. The molecule has 1 aromatic heterocycles. The molecule has 26 heavy (non-hydrogen) atoms. The number of carbonyl (C=O) groups is 1. The van der Waals surface area contributed by atoms with Gasteiger partial charge in [-0.05, 0) is 42.5 Å². The van der Waals surface area contributed by atoms with Gasteiger partial charge < -0.3 is 15.5 Å². The molecule has 1 amide bonds. The normalized spacial score (nSPS) is 10.3. The molecule has 2 aromatic carbocycles. The summed E-state index contributed by atoms with van der Waals surface area (Å²) in [6.45, 7) is 0. The van der Waals surface area contributed by atoms with E-state index in [-0.39, 0.29) is 11.6 Å². The fraction of sp³-hybridized carbons (Fsp3) is 0.105. The van der Waals surface area contributed by atoms with Gasteiger partial charge >= 0.3 is 0 Å². The van der Waals surface area contributed by atoms with Crippen molar-refractivity contribution in [2.24, 2.45) is 0 Å². The van der Waals surface area contributed by atoms with Crippen LogP contribution in [0, 0.1) is 0 Å². The summed E-state index contributed by atoms with van der Waals surface area (Å²) in [5, 5.41) is 6.48. The highest BCUT2D eigenvalue weighted by Crippen LogP contribution is 2.20. The molecule has 0 unspecified atom stereocenters. The third-order valence-corrected chi connectivity index (χ3v) is 3.87. The van der Waals surface area contributed by atoms with E-state index in [1.807, 2.05) is 43.3 Å². The van der Waals surface area contributed by atoms with E-state index in [0.717, 1.165) is 11.4 Å². The number of nitrogens with one attached hydrogen (secondary N) is 2. The second-order valence-corrected chi connectivity index (χ2v) is 6.26. The van der Waals surface area contributed by atoms with Crippen molar-refractivity contribution in [3.8, 4) is 0 Å². The number of benzene rings is 2. The van der Waals surface area contributed by atoms with Crippen molar-refractivity contribution < 1.29 is 4.79 Å². The number of anilines is 4. The minimum absolute atomic E-state index is 0.257. The number of nitrogens with zero attached hydrogens (tertiary/aromatic N) is 3. The average Bonchev–Trinajstić information content (AvgIpc) is 2.62. The highest BCUT2D eigenvalue weighted by Gasteiger charge is 2.10. The van der Waals surface area contributed by atoms with Crippen LogP contribution in [0.1, 0.15) is 10.5 Å². The first kappa shape index (κ1) is 17.7. The Morgan fingerprint density at radius 2 is 1.77 bits per heavy atom. The van der Waals surface area contributed by atoms with Crippen LogP contribution in [0.2, 0.25) is 5.02 Å². The summed E-state index contributed by atoms with van der Waals surface area (Å²) in [5.74, 6) is 0.203. The number of aromatic nitrogens is 2. The van der Waals surface area contributed by atoms with Crippen LogP contribution in [0.3, 0.4) is 0 Å². The average molecular weight is 368 g/mol. The highest BCUT2D eigenvalue weighted by atomic mass is 35.5. The maximum absolute atomic E-state index is 12.4. The molecule has 7 heteroatoms. The van der Waals surface area contributed by atoms with Crippen LogP contribution in [-0.2, 0) is 0 Å². The number of carbonyl (C=O) groups excluding carboxylic acids is 1. The second kappa shape index (κ2) is 7.84. The predicted octanol–water partition coefficient (Wildman–Crippen LogP) is 4.19. The summed E-state index contributed by atoms with van der Waals surface area (Å²) >= 11 is 5.93. The largest absolute Gasteiger partial charge is 0.378 e. The lowest BCUT2D eigenvalue weighted by molar-refractivity contribution is 0.102. The summed E-state index contributed by atoms with van der Waals surface area (Å²) in [4.78, 5) is 22.6. The zero-order valence-corrected chi connectivity index (χ0v) is 15.2. The maximum atomic E-state index is 12.4. The fourth-order valence-corrected chi connectivity index (χ4v) is 2.49. The molecular formula is C19H18ClN5O. The lowest BCUT2D eigenvalue weighted by Gasteiger charge is -2.13. The quantitative estimate of drug-likeness (QED) is 0.707. The molecule has 132 valence electrons.